The van der Waals surface area contributed by atoms with Gasteiger partial charge in [-0.15, -0.1) is 5.10 Å². The van der Waals surface area contributed by atoms with Crippen molar-refractivity contribution in [3.8, 4) is 5.75 Å². The average molecular weight is 527 g/mol. The molecule has 1 aromatic heterocycles. The third kappa shape index (κ3) is 6.05. The van der Waals surface area contributed by atoms with Crippen molar-refractivity contribution in [2.24, 2.45) is 0 Å². The van der Waals surface area contributed by atoms with E-state index in [0.29, 0.717) is 46.4 Å². The van der Waals surface area contributed by atoms with Crippen molar-refractivity contribution >= 4 is 35.3 Å². The van der Waals surface area contributed by atoms with Crippen LogP contribution < -0.4 is 10.1 Å². The summed E-state index contributed by atoms with van der Waals surface area (Å²) in [7, 11) is 0. The van der Waals surface area contributed by atoms with E-state index in [4.69, 9.17) is 26.2 Å². The summed E-state index contributed by atoms with van der Waals surface area (Å²) in [4.78, 5) is 17.8. The molecule has 3 aromatic rings. The van der Waals surface area contributed by atoms with Gasteiger partial charge in [-0.25, -0.2) is 9.48 Å². The van der Waals surface area contributed by atoms with Crippen molar-refractivity contribution in [3.05, 3.63) is 76.0 Å². The van der Waals surface area contributed by atoms with Gasteiger partial charge in [0.05, 0.1) is 12.2 Å². The number of carbonyl (C=O) groups is 1. The lowest BCUT2D eigenvalue weighted by Gasteiger charge is -2.28. The number of esters is 1. The Morgan fingerprint density at radius 1 is 1.14 bits per heavy atom. The summed E-state index contributed by atoms with van der Waals surface area (Å²) in [6, 6.07) is 14.8. The predicted molar refractivity (Wildman–Crippen MR) is 144 cm³/mol. The zero-order valence-corrected chi connectivity index (χ0v) is 22.4. The van der Waals surface area contributed by atoms with Gasteiger partial charge in [-0.2, -0.15) is 4.98 Å². The van der Waals surface area contributed by atoms with Crippen molar-refractivity contribution in [1.82, 2.24) is 14.8 Å². The molecule has 36 heavy (non-hydrogen) atoms. The second-order valence-electron chi connectivity index (χ2n) is 8.52. The molecule has 1 N–H and O–H groups in total. The highest BCUT2D eigenvalue weighted by Crippen LogP contribution is 2.37. The zero-order chi connectivity index (χ0) is 25.5. The fraction of sp³-hybridized carbons (Fsp3) is 0.370. The minimum absolute atomic E-state index is 0.354. The number of benzene rings is 2. The van der Waals surface area contributed by atoms with Gasteiger partial charge in [0, 0.05) is 22.0 Å². The van der Waals surface area contributed by atoms with Gasteiger partial charge in [0.2, 0.25) is 11.1 Å². The molecule has 4 rings (SSSR count). The number of hydrogen-bond donors (Lipinski definition) is 1. The Morgan fingerprint density at radius 2 is 1.92 bits per heavy atom. The van der Waals surface area contributed by atoms with Crippen LogP contribution in [0.2, 0.25) is 5.02 Å². The van der Waals surface area contributed by atoms with Gasteiger partial charge in [-0.1, -0.05) is 74.0 Å². The standard InChI is InChI=1S/C27H31ClN4O3S/c1-4-6-16-36-27-30-26-29-18(3)23(25(33)34-15-5-2)24(32(26)31-27)19-11-13-21(14-12-19)35-17-20-9-7-8-10-22(20)28/h7-14,24H,4-6,15-17H2,1-3H3,(H,29,30,31). The number of halogens is 1. The van der Waals surface area contributed by atoms with Crippen LogP contribution in [-0.2, 0) is 16.1 Å². The first kappa shape index (κ1) is 26.1. The van der Waals surface area contributed by atoms with E-state index in [0.717, 1.165) is 36.1 Å². The number of rotatable bonds is 11. The number of aromatic nitrogens is 3. The van der Waals surface area contributed by atoms with Gasteiger partial charge in [0.1, 0.15) is 18.4 Å². The number of ether oxygens (including phenoxy) is 2. The summed E-state index contributed by atoms with van der Waals surface area (Å²) in [5.41, 5.74) is 3.04. The normalized spacial score (nSPS) is 14.8. The molecule has 7 nitrogen and oxygen atoms in total. The fourth-order valence-electron chi connectivity index (χ4n) is 3.87. The molecule has 1 atom stereocenters. The van der Waals surface area contributed by atoms with E-state index in [-0.39, 0.29) is 5.97 Å². The molecule has 0 saturated heterocycles. The van der Waals surface area contributed by atoms with Crippen molar-refractivity contribution < 1.29 is 14.3 Å². The van der Waals surface area contributed by atoms with Crippen LogP contribution in [0.15, 0.2) is 65.0 Å². The monoisotopic (exact) mass is 526 g/mol. The van der Waals surface area contributed by atoms with Gasteiger partial charge in [0.25, 0.3) is 0 Å². The molecule has 2 aromatic carbocycles. The summed E-state index contributed by atoms with van der Waals surface area (Å²) in [5.74, 6) is 1.91. The molecular formula is C27H31ClN4O3S. The molecule has 0 radical (unpaired) electrons. The van der Waals surface area contributed by atoms with Crippen LogP contribution in [0.1, 0.15) is 57.2 Å². The average Bonchev–Trinajstić information content (AvgIpc) is 3.28. The van der Waals surface area contributed by atoms with E-state index < -0.39 is 6.04 Å². The van der Waals surface area contributed by atoms with Crippen molar-refractivity contribution in [3.63, 3.8) is 0 Å². The molecule has 0 aliphatic carbocycles. The van der Waals surface area contributed by atoms with Crippen molar-refractivity contribution in [2.75, 3.05) is 17.7 Å². The van der Waals surface area contributed by atoms with Crippen molar-refractivity contribution in [2.45, 2.75) is 57.8 Å². The minimum Gasteiger partial charge on any atom is -0.489 e. The van der Waals surface area contributed by atoms with Crippen LogP contribution in [0.3, 0.4) is 0 Å². The smallest absolute Gasteiger partial charge is 0.338 e. The van der Waals surface area contributed by atoms with Gasteiger partial charge in [0.15, 0.2) is 0 Å². The van der Waals surface area contributed by atoms with Crippen LogP contribution in [0.4, 0.5) is 5.95 Å². The Hall–Kier alpha value is -2.97. The van der Waals surface area contributed by atoms with E-state index in [1.165, 1.54) is 0 Å². The maximum atomic E-state index is 13.1. The number of allylic oxidation sites excluding steroid dienone is 1. The lowest BCUT2D eigenvalue weighted by molar-refractivity contribution is -0.139. The highest BCUT2D eigenvalue weighted by Gasteiger charge is 2.35. The SMILES string of the molecule is CCCCSc1nc2n(n1)C(c1ccc(OCc3ccccc3Cl)cc1)C(C(=O)OCCC)=C(C)N2. The molecular weight excluding hydrogens is 496 g/mol. The third-order valence-corrected chi connectivity index (χ3v) is 7.06. The summed E-state index contributed by atoms with van der Waals surface area (Å²) >= 11 is 7.87. The summed E-state index contributed by atoms with van der Waals surface area (Å²) in [6.45, 7) is 6.73. The highest BCUT2D eigenvalue weighted by atomic mass is 35.5. The molecule has 0 fully saturated rings. The van der Waals surface area contributed by atoms with E-state index >= 15 is 0 Å². The number of fused-ring (bicyclic) bond motifs is 1. The number of hydrogen-bond acceptors (Lipinski definition) is 7. The lowest BCUT2D eigenvalue weighted by atomic mass is 9.96. The molecule has 0 amide bonds. The molecule has 1 aliphatic heterocycles. The number of nitrogens with one attached hydrogen (secondary N) is 1. The Bertz CT molecular complexity index is 1230. The van der Waals surface area contributed by atoms with Gasteiger partial charge in [-0.05, 0) is 43.5 Å². The molecule has 1 unspecified atom stereocenters. The van der Waals surface area contributed by atoms with E-state index in [9.17, 15) is 4.79 Å². The molecule has 2 heterocycles. The molecule has 0 bridgehead atoms. The topological polar surface area (TPSA) is 78.3 Å². The van der Waals surface area contributed by atoms with Gasteiger partial charge in [-0.3, -0.25) is 0 Å². The maximum Gasteiger partial charge on any atom is 0.338 e. The highest BCUT2D eigenvalue weighted by molar-refractivity contribution is 7.99. The number of nitrogens with zero attached hydrogens (tertiary/aromatic N) is 3. The predicted octanol–water partition coefficient (Wildman–Crippen LogP) is 6.64. The maximum absolute atomic E-state index is 13.1. The van der Waals surface area contributed by atoms with E-state index in [1.807, 2.05) is 62.4 Å². The Kier molecular flexibility index (Phi) is 8.93. The molecule has 0 spiro atoms. The summed E-state index contributed by atoms with van der Waals surface area (Å²) < 4.78 is 13.3. The first-order valence-electron chi connectivity index (χ1n) is 12.2. The fourth-order valence-corrected chi connectivity index (χ4v) is 4.97. The van der Waals surface area contributed by atoms with Crippen LogP contribution in [0.5, 0.6) is 5.75 Å². The summed E-state index contributed by atoms with van der Waals surface area (Å²) in [5, 5.41) is 9.36. The number of unbranched alkanes of at least 4 members (excludes halogenated alkanes) is 1. The molecule has 0 saturated carbocycles. The first-order chi connectivity index (χ1) is 17.5. The van der Waals surface area contributed by atoms with Crippen LogP contribution in [0.25, 0.3) is 0 Å². The second-order valence-corrected chi connectivity index (χ2v) is 9.99. The van der Waals surface area contributed by atoms with E-state index in [2.05, 4.69) is 17.2 Å². The minimum atomic E-state index is -0.462. The largest absolute Gasteiger partial charge is 0.489 e. The summed E-state index contributed by atoms with van der Waals surface area (Å²) in [6.07, 6.45) is 2.95. The molecule has 9 heteroatoms. The third-order valence-electron chi connectivity index (χ3n) is 5.77. The molecule has 1 aliphatic rings. The Labute approximate surface area is 221 Å². The zero-order valence-electron chi connectivity index (χ0n) is 20.8. The first-order valence-corrected chi connectivity index (χ1v) is 13.6. The van der Waals surface area contributed by atoms with Crippen LogP contribution in [0, 0.1) is 0 Å². The van der Waals surface area contributed by atoms with Gasteiger partial charge >= 0.3 is 5.97 Å². The molecule has 190 valence electrons. The Morgan fingerprint density at radius 3 is 2.64 bits per heavy atom. The second kappa shape index (κ2) is 12.3. The quantitative estimate of drug-likeness (QED) is 0.170. The number of anilines is 1. The lowest BCUT2D eigenvalue weighted by Crippen LogP contribution is -2.29. The van der Waals surface area contributed by atoms with Crippen LogP contribution >= 0.6 is 23.4 Å². The van der Waals surface area contributed by atoms with Crippen LogP contribution in [-0.4, -0.2) is 33.1 Å². The van der Waals surface area contributed by atoms with Crippen molar-refractivity contribution in [1.29, 1.82) is 0 Å². The van der Waals surface area contributed by atoms with Gasteiger partial charge < -0.3 is 14.8 Å². The Balaban J connectivity index is 1.61. The van der Waals surface area contributed by atoms with E-state index in [1.54, 1.807) is 16.4 Å². The number of thioether (sulfide) groups is 1. The number of carbonyl (C=O) groups excluding carboxylic acids is 1.